The summed E-state index contributed by atoms with van der Waals surface area (Å²) in [5, 5.41) is 0. The molecule has 0 bridgehead atoms. The van der Waals surface area contributed by atoms with Crippen LogP contribution >= 0.6 is 0 Å². The van der Waals surface area contributed by atoms with Crippen LogP contribution in [-0.2, 0) is 19.0 Å². The topological polar surface area (TPSA) is 44.8 Å². The Hall–Kier alpha value is -0.610. The Bertz CT molecular complexity index is 142. The Balaban J connectivity index is 3.63. The first kappa shape index (κ1) is 13.4. The van der Waals surface area contributed by atoms with Crippen LogP contribution in [0.5, 0.6) is 0 Å². The molecule has 0 saturated carbocycles. The van der Waals surface area contributed by atoms with E-state index in [9.17, 15) is 4.79 Å². The molecule has 0 fully saturated rings. The molecule has 0 aromatic rings. The van der Waals surface area contributed by atoms with Crippen molar-refractivity contribution in [3.8, 4) is 0 Å². The Kier molecular flexibility index (Phi) is 7.42. The molecule has 0 spiro atoms. The summed E-state index contributed by atoms with van der Waals surface area (Å²) in [6.07, 6.45) is 0.212. The Morgan fingerprint density at radius 2 is 1.71 bits per heavy atom. The summed E-state index contributed by atoms with van der Waals surface area (Å²) in [6, 6.07) is 0. The first-order chi connectivity index (χ1) is 6.60. The van der Waals surface area contributed by atoms with Crippen molar-refractivity contribution in [2.45, 2.75) is 26.4 Å². The van der Waals surface area contributed by atoms with Crippen LogP contribution in [0.15, 0.2) is 0 Å². The van der Waals surface area contributed by atoms with E-state index >= 15 is 0 Å². The second-order valence-electron chi connectivity index (χ2n) is 3.52. The molecule has 0 aliphatic heterocycles. The predicted molar refractivity (Wildman–Crippen MR) is 53.1 cm³/mol. The fourth-order valence-electron chi connectivity index (χ4n) is 1.17. The lowest BCUT2D eigenvalue weighted by Gasteiger charge is -2.14. The molecule has 0 rings (SSSR count). The van der Waals surface area contributed by atoms with E-state index in [-0.39, 0.29) is 18.0 Å². The van der Waals surface area contributed by atoms with Crippen molar-refractivity contribution < 1.29 is 19.0 Å². The minimum atomic E-state index is -0.195. The van der Waals surface area contributed by atoms with Gasteiger partial charge in [0.05, 0.1) is 13.0 Å². The van der Waals surface area contributed by atoms with E-state index in [1.165, 1.54) is 0 Å². The average molecular weight is 204 g/mol. The van der Waals surface area contributed by atoms with Gasteiger partial charge in [-0.05, 0) is 12.8 Å². The zero-order chi connectivity index (χ0) is 11.0. The van der Waals surface area contributed by atoms with Crippen molar-refractivity contribution in [3.05, 3.63) is 0 Å². The summed E-state index contributed by atoms with van der Waals surface area (Å²) in [7, 11) is 3.20. The minimum absolute atomic E-state index is 0.178. The molecule has 0 radical (unpaired) electrons. The molecule has 0 N–H and O–H groups in total. The van der Waals surface area contributed by atoms with Crippen molar-refractivity contribution in [1.29, 1.82) is 0 Å². The quantitative estimate of drug-likeness (QED) is 0.585. The van der Waals surface area contributed by atoms with Crippen molar-refractivity contribution in [2.75, 3.05) is 27.4 Å². The van der Waals surface area contributed by atoms with Crippen LogP contribution in [0, 0.1) is 5.92 Å². The zero-order valence-corrected chi connectivity index (χ0v) is 9.41. The molecule has 0 saturated heterocycles. The molecule has 84 valence electrons. The SMILES string of the molecule is COCC(C)CC(=O)OC(C)COC. The van der Waals surface area contributed by atoms with Crippen LogP contribution in [0.3, 0.4) is 0 Å². The number of hydrogen-bond acceptors (Lipinski definition) is 4. The smallest absolute Gasteiger partial charge is 0.306 e. The van der Waals surface area contributed by atoms with Gasteiger partial charge in [-0.25, -0.2) is 0 Å². The van der Waals surface area contributed by atoms with E-state index < -0.39 is 0 Å². The van der Waals surface area contributed by atoms with E-state index in [2.05, 4.69) is 0 Å². The van der Waals surface area contributed by atoms with Gasteiger partial charge < -0.3 is 14.2 Å². The first-order valence-corrected chi connectivity index (χ1v) is 4.77. The summed E-state index contributed by atoms with van der Waals surface area (Å²) in [5.41, 5.74) is 0. The number of carbonyl (C=O) groups is 1. The fraction of sp³-hybridized carbons (Fsp3) is 0.900. The van der Waals surface area contributed by atoms with Crippen LogP contribution in [-0.4, -0.2) is 39.5 Å². The fourth-order valence-corrected chi connectivity index (χ4v) is 1.17. The number of carbonyl (C=O) groups excluding carboxylic acids is 1. The second-order valence-corrected chi connectivity index (χ2v) is 3.52. The van der Waals surface area contributed by atoms with Gasteiger partial charge in [0.15, 0.2) is 0 Å². The van der Waals surface area contributed by atoms with Gasteiger partial charge in [-0.2, -0.15) is 0 Å². The molecule has 4 nitrogen and oxygen atoms in total. The van der Waals surface area contributed by atoms with Gasteiger partial charge in [0.1, 0.15) is 6.10 Å². The number of hydrogen-bond donors (Lipinski definition) is 0. The van der Waals surface area contributed by atoms with Gasteiger partial charge in [-0.1, -0.05) is 6.92 Å². The monoisotopic (exact) mass is 204 g/mol. The van der Waals surface area contributed by atoms with Crippen molar-refractivity contribution in [3.63, 3.8) is 0 Å². The largest absolute Gasteiger partial charge is 0.460 e. The first-order valence-electron chi connectivity index (χ1n) is 4.77. The second kappa shape index (κ2) is 7.76. The van der Waals surface area contributed by atoms with Gasteiger partial charge in [-0.3, -0.25) is 4.79 Å². The van der Waals surface area contributed by atoms with Gasteiger partial charge >= 0.3 is 5.97 Å². The van der Waals surface area contributed by atoms with Gasteiger partial charge in [0.25, 0.3) is 0 Å². The third kappa shape index (κ3) is 6.86. The maximum absolute atomic E-state index is 11.3. The molecular formula is C10H20O4. The molecule has 2 atom stereocenters. The molecule has 2 unspecified atom stereocenters. The number of methoxy groups -OCH3 is 2. The standard InChI is InChI=1S/C10H20O4/c1-8(6-12-3)5-10(11)14-9(2)7-13-4/h8-9H,5-7H2,1-4H3. The molecule has 4 heteroatoms. The Labute approximate surface area is 85.5 Å². The van der Waals surface area contributed by atoms with Crippen molar-refractivity contribution in [2.24, 2.45) is 5.92 Å². The maximum Gasteiger partial charge on any atom is 0.306 e. The third-order valence-electron chi connectivity index (χ3n) is 1.70. The van der Waals surface area contributed by atoms with Gasteiger partial charge in [0, 0.05) is 20.8 Å². The third-order valence-corrected chi connectivity index (χ3v) is 1.70. The molecule has 0 heterocycles. The molecule has 0 aromatic carbocycles. The minimum Gasteiger partial charge on any atom is -0.460 e. The van der Waals surface area contributed by atoms with Crippen LogP contribution < -0.4 is 0 Å². The molecule has 0 aliphatic rings. The van der Waals surface area contributed by atoms with E-state index in [1.54, 1.807) is 14.2 Å². The lowest BCUT2D eigenvalue weighted by molar-refractivity contribution is -0.151. The number of esters is 1. The van der Waals surface area contributed by atoms with Gasteiger partial charge in [0.2, 0.25) is 0 Å². The van der Waals surface area contributed by atoms with Crippen molar-refractivity contribution >= 4 is 5.97 Å². The van der Waals surface area contributed by atoms with Crippen LogP contribution in [0.1, 0.15) is 20.3 Å². The summed E-state index contributed by atoms with van der Waals surface area (Å²) >= 11 is 0. The molecule has 0 aliphatic carbocycles. The highest BCUT2D eigenvalue weighted by atomic mass is 16.6. The molecule has 0 amide bonds. The van der Waals surface area contributed by atoms with E-state index in [0.29, 0.717) is 19.6 Å². The summed E-state index contributed by atoms with van der Waals surface area (Å²) in [4.78, 5) is 11.3. The molecule has 0 aromatic heterocycles. The summed E-state index contributed by atoms with van der Waals surface area (Å²) < 4.78 is 14.9. The van der Waals surface area contributed by atoms with Crippen LogP contribution in [0.2, 0.25) is 0 Å². The predicted octanol–water partition coefficient (Wildman–Crippen LogP) is 1.24. The highest BCUT2D eigenvalue weighted by Crippen LogP contribution is 2.05. The van der Waals surface area contributed by atoms with Gasteiger partial charge in [-0.15, -0.1) is 0 Å². The van der Waals surface area contributed by atoms with E-state index in [0.717, 1.165) is 0 Å². The molecular weight excluding hydrogens is 184 g/mol. The average Bonchev–Trinajstić information content (AvgIpc) is 2.03. The van der Waals surface area contributed by atoms with Crippen LogP contribution in [0.4, 0.5) is 0 Å². The number of ether oxygens (including phenoxy) is 3. The normalized spacial score (nSPS) is 14.9. The van der Waals surface area contributed by atoms with E-state index in [1.807, 2.05) is 13.8 Å². The highest BCUT2D eigenvalue weighted by molar-refractivity contribution is 5.69. The lowest BCUT2D eigenvalue weighted by Crippen LogP contribution is -2.21. The lowest BCUT2D eigenvalue weighted by atomic mass is 10.1. The Morgan fingerprint density at radius 3 is 2.21 bits per heavy atom. The Morgan fingerprint density at radius 1 is 1.14 bits per heavy atom. The maximum atomic E-state index is 11.3. The summed E-state index contributed by atoms with van der Waals surface area (Å²) in [5.74, 6) is 0.00125. The zero-order valence-electron chi connectivity index (χ0n) is 9.41. The summed E-state index contributed by atoms with van der Waals surface area (Å²) in [6.45, 7) is 4.77. The molecule has 14 heavy (non-hydrogen) atoms. The number of rotatable bonds is 7. The van der Waals surface area contributed by atoms with Crippen molar-refractivity contribution in [1.82, 2.24) is 0 Å². The van der Waals surface area contributed by atoms with E-state index in [4.69, 9.17) is 14.2 Å². The highest BCUT2D eigenvalue weighted by Gasteiger charge is 2.13. The van der Waals surface area contributed by atoms with Crippen LogP contribution in [0.25, 0.3) is 0 Å².